The standard InChI is InChI=1S/C24H24N6O9S2/c31-21-9-10-22(32)29(21)39-23(33)11-13-28(12-1-2-14-41(36,37)38)17-5-3-16(4-6-17)26-27-24-25-19-8-7-18(30(34)35)15-20(19)40-24/h3-10,15,31-32H,1-2,11-14H2,(H,36,37,38). The summed E-state index contributed by atoms with van der Waals surface area (Å²) in [5.74, 6) is -2.03. The molecule has 0 aliphatic rings. The van der Waals surface area contributed by atoms with Gasteiger partial charge in [0.15, 0.2) is 0 Å². The highest BCUT2D eigenvalue weighted by molar-refractivity contribution is 7.85. The summed E-state index contributed by atoms with van der Waals surface area (Å²) in [7, 11) is -4.10. The van der Waals surface area contributed by atoms with Crippen LogP contribution in [0.25, 0.3) is 10.2 Å². The van der Waals surface area contributed by atoms with Crippen LogP contribution in [0.4, 0.5) is 22.2 Å². The Labute approximate surface area is 236 Å². The van der Waals surface area contributed by atoms with Gasteiger partial charge in [-0.3, -0.25) is 14.7 Å². The molecule has 15 nitrogen and oxygen atoms in total. The first-order chi connectivity index (χ1) is 19.5. The summed E-state index contributed by atoms with van der Waals surface area (Å²) in [5.41, 5.74) is 1.69. The van der Waals surface area contributed by atoms with Gasteiger partial charge in [0, 0.05) is 43.0 Å². The number of non-ortho nitro benzene ring substituents is 1. The molecule has 3 N–H and O–H groups in total. The molecule has 0 fully saturated rings. The van der Waals surface area contributed by atoms with Gasteiger partial charge >= 0.3 is 5.97 Å². The molecule has 2 heterocycles. The quantitative estimate of drug-likeness (QED) is 0.0642. The second-order valence-corrected chi connectivity index (χ2v) is 11.2. The first kappa shape index (κ1) is 29.4. The molecular formula is C24H24N6O9S2. The van der Waals surface area contributed by atoms with Crippen molar-refractivity contribution in [3.05, 3.63) is 64.7 Å². The van der Waals surface area contributed by atoms with Gasteiger partial charge in [0.2, 0.25) is 16.9 Å². The van der Waals surface area contributed by atoms with Gasteiger partial charge < -0.3 is 20.0 Å². The fourth-order valence-electron chi connectivity index (χ4n) is 3.71. The molecule has 0 unspecified atom stereocenters. The molecular weight excluding hydrogens is 580 g/mol. The summed E-state index contributed by atoms with van der Waals surface area (Å²) in [6.45, 7) is 0.508. The van der Waals surface area contributed by atoms with Crippen LogP contribution in [0.3, 0.4) is 0 Å². The van der Waals surface area contributed by atoms with Gasteiger partial charge in [-0.05, 0) is 43.2 Å². The number of carbonyl (C=O) groups excluding carboxylic acids is 1. The summed E-state index contributed by atoms with van der Waals surface area (Å²) < 4.78 is 32.3. The number of aromatic hydroxyl groups is 2. The molecule has 0 aliphatic heterocycles. The van der Waals surface area contributed by atoms with Crippen molar-refractivity contribution in [3.8, 4) is 11.8 Å². The van der Waals surface area contributed by atoms with Crippen molar-refractivity contribution in [1.29, 1.82) is 0 Å². The van der Waals surface area contributed by atoms with Crippen LogP contribution in [-0.4, -0.2) is 62.6 Å². The van der Waals surface area contributed by atoms with E-state index in [-0.39, 0.29) is 25.1 Å². The van der Waals surface area contributed by atoms with Crippen LogP contribution in [-0.2, 0) is 14.9 Å². The van der Waals surface area contributed by atoms with Crippen LogP contribution in [0.2, 0.25) is 0 Å². The third-order valence-electron chi connectivity index (χ3n) is 5.69. The van der Waals surface area contributed by atoms with E-state index in [9.17, 15) is 33.5 Å². The minimum absolute atomic E-state index is 0.0444. The molecule has 0 amide bonds. The topological polar surface area (TPSA) is 210 Å². The molecule has 0 saturated carbocycles. The van der Waals surface area contributed by atoms with E-state index in [0.717, 1.165) is 23.5 Å². The van der Waals surface area contributed by atoms with Crippen LogP contribution in [0, 0.1) is 10.1 Å². The number of nitro groups is 1. The molecule has 4 aromatic rings. The molecule has 0 atom stereocenters. The highest BCUT2D eigenvalue weighted by Gasteiger charge is 2.16. The van der Waals surface area contributed by atoms with Gasteiger partial charge in [-0.25, -0.2) is 9.78 Å². The monoisotopic (exact) mass is 604 g/mol. The number of fused-ring (bicyclic) bond motifs is 1. The van der Waals surface area contributed by atoms with E-state index in [0.29, 0.717) is 44.4 Å². The smallest absolute Gasteiger partial charge is 0.335 e. The van der Waals surface area contributed by atoms with E-state index in [4.69, 9.17) is 9.39 Å². The summed E-state index contributed by atoms with van der Waals surface area (Å²) >= 11 is 1.16. The van der Waals surface area contributed by atoms with Crippen LogP contribution >= 0.6 is 11.3 Å². The second kappa shape index (κ2) is 12.7. The average molecular weight is 605 g/mol. The predicted molar refractivity (Wildman–Crippen MR) is 149 cm³/mol. The fraction of sp³-hybridized carbons (Fsp3) is 0.250. The minimum Gasteiger partial charge on any atom is -0.492 e. The number of anilines is 1. The lowest BCUT2D eigenvalue weighted by Crippen LogP contribution is -2.30. The van der Waals surface area contributed by atoms with Gasteiger partial charge in [0.1, 0.15) is 0 Å². The lowest BCUT2D eigenvalue weighted by molar-refractivity contribution is -0.384. The maximum absolute atomic E-state index is 12.3. The predicted octanol–water partition coefficient (Wildman–Crippen LogP) is 4.35. The van der Waals surface area contributed by atoms with Gasteiger partial charge in [0.25, 0.3) is 15.8 Å². The van der Waals surface area contributed by atoms with Gasteiger partial charge in [-0.1, -0.05) is 11.3 Å². The lowest BCUT2D eigenvalue weighted by atomic mass is 10.2. The minimum atomic E-state index is -4.10. The fourth-order valence-corrected chi connectivity index (χ4v) is 5.10. The molecule has 0 radical (unpaired) electrons. The Morgan fingerprint density at radius 1 is 1.05 bits per heavy atom. The molecule has 0 bridgehead atoms. The zero-order chi connectivity index (χ0) is 29.6. The van der Waals surface area contributed by atoms with Crippen LogP contribution < -0.4 is 9.74 Å². The van der Waals surface area contributed by atoms with Crippen molar-refractivity contribution in [3.63, 3.8) is 0 Å². The van der Waals surface area contributed by atoms with Gasteiger partial charge in [0.05, 0.1) is 33.0 Å². The van der Waals surface area contributed by atoms with E-state index in [1.807, 2.05) is 4.90 Å². The summed E-state index contributed by atoms with van der Waals surface area (Å²) in [4.78, 5) is 33.9. The molecule has 0 aliphatic carbocycles. The Hall–Kier alpha value is -4.61. The van der Waals surface area contributed by atoms with Crippen molar-refractivity contribution >= 4 is 59.8 Å². The third-order valence-corrected chi connectivity index (χ3v) is 7.40. The van der Waals surface area contributed by atoms with E-state index in [1.54, 1.807) is 30.3 Å². The normalized spacial score (nSPS) is 11.7. The number of hydrogen-bond acceptors (Lipinski definition) is 13. The first-order valence-electron chi connectivity index (χ1n) is 12.1. The summed E-state index contributed by atoms with van der Waals surface area (Å²) in [6, 6.07) is 13.5. The van der Waals surface area contributed by atoms with E-state index >= 15 is 0 Å². The van der Waals surface area contributed by atoms with Crippen LogP contribution in [0.1, 0.15) is 19.3 Å². The Bertz CT molecular complexity index is 1660. The second-order valence-electron chi connectivity index (χ2n) is 8.66. The third kappa shape index (κ3) is 8.19. The van der Waals surface area contributed by atoms with Gasteiger partial charge in [-0.2, -0.15) is 8.42 Å². The zero-order valence-corrected chi connectivity index (χ0v) is 22.9. The van der Waals surface area contributed by atoms with E-state index in [1.165, 1.54) is 12.1 Å². The van der Waals surface area contributed by atoms with Crippen molar-refractivity contribution in [1.82, 2.24) is 9.71 Å². The maximum Gasteiger partial charge on any atom is 0.335 e. The lowest BCUT2D eigenvalue weighted by Gasteiger charge is -2.24. The molecule has 2 aromatic carbocycles. The van der Waals surface area contributed by atoms with Crippen molar-refractivity contribution in [2.24, 2.45) is 10.2 Å². The maximum atomic E-state index is 12.3. The highest BCUT2D eigenvalue weighted by atomic mass is 32.2. The van der Waals surface area contributed by atoms with E-state index < -0.39 is 38.5 Å². The molecule has 4 rings (SSSR count). The summed E-state index contributed by atoms with van der Waals surface area (Å²) in [5, 5.41) is 38.9. The van der Waals surface area contributed by atoms with E-state index in [2.05, 4.69) is 15.2 Å². The van der Waals surface area contributed by atoms with Crippen molar-refractivity contribution in [2.75, 3.05) is 23.7 Å². The number of nitrogens with zero attached hydrogens (tertiary/aromatic N) is 6. The molecule has 41 heavy (non-hydrogen) atoms. The van der Waals surface area contributed by atoms with Crippen molar-refractivity contribution < 1.29 is 37.7 Å². The number of rotatable bonds is 13. The van der Waals surface area contributed by atoms with Gasteiger partial charge in [-0.15, -0.1) is 15.0 Å². The Morgan fingerprint density at radius 2 is 1.76 bits per heavy atom. The Kier molecular flexibility index (Phi) is 9.10. The number of aromatic nitrogens is 2. The van der Waals surface area contributed by atoms with Crippen LogP contribution in [0.5, 0.6) is 11.8 Å². The average Bonchev–Trinajstić information content (AvgIpc) is 3.48. The number of hydrogen-bond donors (Lipinski definition) is 3. The molecule has 216 valence electrons. The number of carbonyl (C=O) groups is 1. The number of thiazole rings is 1. The highest BCUT2D eigenvalue weighted by Crippen LogP contribution is 2.32. The number of benzene rings is 2. The molecule has 0 spiro atoms. The largest absolute Gasteiger partial charge is 0.492 e. The molecule has 0 saturated heterocycles. The zero-order valence-electron chi connectivity index (χ0n) is 21.2. The van der Waals surface area contributed by atoms with Crippen molar-refractivity contribution in [2.45, 2.75) is 19.3 Å². The molecule has 2 aromatic heterocycles. The number of azo groups is 1. The van der Waals surface area contributed by atoms with Crippen LogP contribution in [0.15, 0.2) is 64.8 Å². The molecule has 17 heteroatoms. The SMILES string of the molecule is O=C(CCN(CCCCS(=O)(=O)O)c1ccc(N=Nc2nc3ccc([N+](=O)[O-])cc3s2)cc1)On1c(O)ccc1O. The summed E-state index contributed by atoms with van der Waals surface area (Å²) in [6.07, 6.45) is 0.459. The first-order valence-corrected chi connectivity index (χ1v) is 14.5. The Morgan fingerprint density at radius 3 is 2.41 bits per heavy atom. The number of unbranched alkanes of at least 4 members (excludes halogenated alkanes) is 1. The Balaban J connectivity index is 1.43. The number of nitro benzene ring substituents is 1.